The van der Waals surface area contributed by atoms with Crippen molar-refractivity contribution in [3.05, 3.63) is 60.2 Å². The molecule has 0 aromatic heterocycles. The number of para-hydroxylation sites is 2. The molecule has 0 radical (unpaired) electrons. The molecule has 1 amide bonds. The van der Waals surface area contributed by atoms with Crippen molar-refractivity contribution < 1.29 is 4.79 Å². The van der Waals surface area contributed by atoms with E-state index in [-0.39, 0.29) is 5.91 Å². The molecule has 2 aromatic carbocycles. The maximum atomic E-state index is 12.3. The van der Waals surface area contributed by atoms with E-state index in [4.69, 9.17) is 0 Å². The van der Waals surface area contributed by atoms with Crippen molar-refractivity contribution in [3.63, 3.8) is 0 Å². The molecule has 92 valence electrons. The summed E-state index contributed by atoms with van der Waals surface area (Å²) in [6.45, 7) is 0. The summed E-state index contributed by atoms with van der Waals surface area (Å²) in [4.78, 5) is 14.0. The van der Waals surface area contributed by atoms with E-state index in [1.165, 1.54) is 0 Å². The van der Waals surface area contributed by atoms with Crippen molar-refractivity contribution in [3.8, 4) is 0 Å². The molecule has 3 heteroatoms. The van der Waals surface area contributed by atoms with E-state index in [9.17, 15) is 4.79 Å². The van der Waals surface area contributed by atoms with E-state index in [1.807, 2.05) is 61.6 Å². The fourth-order valence-electron chi connectivity index (χ4n) is 1.86. The smallest absolute Gasteiger partial charge is 0.258 e. The molecule has 0 aliphatic heterocycles. The zero-order valence-corrected chi connectivity index (χ0v) is 10.6. The molecule has 0 saturated heterocycles. The second-order valence-electron chi connectivity index (χ2n) is 4.00. The Morgan fingerprint density at radius 2 is 1.61 bits per heavy atom. The van der Waals surface area contributed by atoms with E-state index in [0.29, 0.717) is 5.56 Å². The highest BCUT2D eigenvalue weighted by atomic mass is 16.2. The van der Waals surface area contributed by atoms with Crippen LogP contribution in [0.5, 0.6) is 0 Å². The van der Waals surface area contributed by atoms with Crippen LogP contribution in [0.15, 0.2) is 54.6 Å². The maximum Gasteiger partial charge on any atom is 0.258 e. The number of hydrogen-bond donors (Lipinski definition) is 1. The summed E-state index contributed by atoms with van der Waals surface area (Å²) in [7, 11) is 3.63. The lowest BCUT2D eigenvalue weighted by atomic mass is 10.2. The SMILES string of the molecule is CNc1ccccc1N(C)C(=O)c1ccccc1. The molecular weight excluding hydrogens is 224 g/mol. The van der Waals surface area contributed by atoms with Crippen LogP contribution in [0.25, 0.3) is 0 Å². The van der Waals surface area contributed by atoms with Crippen molar-refractivity contribution in [1.82, 2.24) is 0 Å². The summed E-state index contributed by atoms with van der Waals surface area (Å²) in [5, 5.41) is 3.09. The number of carbonyl (C=O) groups excluding carboxylic acids is 1. The number of carbonyl (C=O) groups is 1. The molecule has 0 saturated carbocycles. The second kappa shape index (κ2) is 5.36. The van der Waals surface area contributed by atoms with Crippen LogP contribution in [0.1, 0.15) is 10.4 Å². The number of rotatable bonds is 3. The minimum absolute atomic E-state index is 0.0155. The minimum Gasteiger partial charge on any atom is -0.386 e. The molecule has 0 aliphatic rings. The highest BCUT2D eigenvalue weighted by molar-refractivity contribution is 6.07. The van der Waals surface area contributed by atoms with Crippen LogP contribution in [0.3, 0.4) is 0 Å². The van der Waals surface area contributed by atoms with Gasteiger partial charge in [-0.2, -0.15) is 0 Å². The standard InChI is InChI=1S/C15H16N2O/c1-16-13-10-6-7-11-14(13)17(2)15(18)12-8-4-3-5-9-12/h3-11,16H,1-2H3. The van der Waals surface area contributed by atoms with Gasteiger partial charge < -0.3 is 10.2 Å². The molecule has 0 atom stereocenters. The molecule has 2 aromatic rings. The van der Waals surface area contributed by atoms with Gasteiger partial charge in [0.25, 0.3) is 5.91 Å². The van der Waals surface area contributed by atoms with E-state index in [1.54, 1.807) is 11.9 Å². The first-order valence-electron chi connectivity index (χ1n) is 5.84. The van der Waals surface area contributed by atoms with Crippen LogP contribution in [-0.4, -0.2) is 20.0 Å². The fraction of sp³-hybridized carbons (Fsp3) is 0.133. The first kappa shape index (κ1) is 12.2. The number of nitrogens with zero attached hydrogens (tertiary/aromatic N) is 1. The Morgan fingerprint density at radius 3 is 2.28 bits per heavy atom. The summed E-state index contributed by atoms with van der Waals surface area (Å²) >= 11 is 0. The van der Waals surface area contributed by atoms with Gasteiger partial charge in [-0.1, -0.05) is 30.3 Å². The monoisotopic (exact) mass is 240 g/mol. The van der Waals surface area contributed by atoms with Crippen molar-refractivity contribution in [1.29, 1.82) is 0 Å². The van der Waals surface area contributed by atoms with Crippen LogP contribution in [0, 0.1) is 0 Å². The third kappa shape index (κ3) is 2.35. The predicted octanol–water partition coefficient (Wildman–Crippen LogP) is 3.00. The minimum atomic E-state index is -0.0155. The normalized spacial score (nSPS) is 9.89. The van der Waals surface area contributed by atoms with Crippen molar-refractivity contribution >= 4 is 17.3 Å². The Balaban J connectivity index is 2.31. The van der Waals surface area contributed by atoms with E-state index in [0.717, 1.165) is 11.4 Å². The van der Waals surface area contributed by atoms with Crippen molar-refractivity contribution in [2.24, 2.45) is 0 Å². The topological polar surface area (TPSA) is 32.3 Å². The van der Waals surface area contributed by atoms with Crippen LogP contribution in [0.2, 0.25) is 0 Å². The average Bonchev–Trinajstić information content (AvgIpc) is 2.46. The van der Waals surface area contributed by atoms with Crippen LogP contribution in [0.4, 0.5) is 11.4 Å². The molecule has 18 heavy (non-hydrogen) atoms. The first-order valence-corrected chi connectivity index (χ1v) is 5.84. The maximum absolute atomic E-state index is 12.3. The third-order valence-corrected chi connectivity index (χ3v) is 2.86. The van der Waals surface area contributed by atoms with E-state index in [2.05, 4.69) is 5.32 Å². The van der Waals surface area contributed by atoms with Gasteiger partial charge in [-0.25, -0.2) is 0 Å². The van der Waals surface area contributed by atoms with Gasteiger partial charge in [-0.15, -0.1) is 0 Å². The highest BCUT2D eigenvalue weighted by Gasteiger charge is 2.15. The van der Waals surface area contributed by atoms with Gasteiger partial charge in [0, 0.05) is 19.7 Å². The molecule has 2 rings (SSSR count). The zero-order chi connectivity index (χ0) is 13.0. The number of nitrogens with one attached hydrogen (secondary N) is 1. The number of hydrogen-bond acceptors (Lipinski definition) is 2. The third-order valence-electron chi connectivity index (χ3n) is 2.86. The molecular formula is C15H16N2O. The van der Waals surface area contributed by atoms with Gasteiger partial charge in [0.2, 0.25) is 0 Å². The molecule has 0 spiro atoms. The Hall–Kier alpha value is -2.29. The summed E-state index contributed by atoms with van der Waals surface area (Å²) in [5.41, 5.74) is 2.49. The number of benzene rings is 2. The lowest BCUT2D eigenvalue weighted by molar-refractivity contribution is 0.0993. The van der Waals surface area contributed by atoms with Gasteiger partial charge in [0.15, 0.2) is 0 Å². The molecule has 1 N–H and O–H groups in total. The van der Waals surface area contributed by atoms with Gasteiger partial charge in [0.05, 0.1) is 11.4 Å². The summed E-state index contributed by atoms with van der Waals surface area (Å²) < 4.78 is 0. The summed E-state index contributed by atoms with van der Waals surface area (Å²) in [6, 6.07) is 17.0. The van der Waals surface area contributed by atoms with Gasteiger partial charge in [-0.3, -0.25) is 4.79 Å². The summed E-state index contributed by atoms with van der Waals surface area (Å²) in [6.07, 6.45) is 0. The Bertz CT molecular complexity index is 537. The van der Waals surface area contributed by atoms with Gasteiger partial charge >= 0.3 is 0 Å². The fourth-order valence-corrected chi connectivity index (χ4v) is 1.86. The lowest BCUT2D eigenvalue weighted by Crippen LogP contribution is -2.26. The zero-order valence-electron chi connectivity index (χ0n) is 10.6. The number of amides is 1. The van der Waals surface area contributed by atoms with Crippen LogP contribution < -0.4 is 10.2 Å². The van der Waals surface area contributed by atoms with Gasteiger partial charge in [-0.05, 0) is 24.3 Å². The predicted molar refractivity (Wildman–Crippen MR) is 75.2 cm³/mol. The van der Waals surface area contributed by atoms with E-state index >= 15 is 0 Å². The number of anilines is 2. The van der Waals surface area contributed by atoms with Crippen LogP contribution >= 0.6 is 0 Å². The Labute approximate surface area is 107 Å². The van der Waals surface area contributed by atoms with Crippen molar-refractivity contribution in [2.45, 2.75) is 0 Å². The molecule has 0 aliphatic carbocycles. The van der Waals surface area contributed by atoms with Crippen LogP contribution in [-0.2, 0) is 0 Å². The molecule has 0 unspecified atom stereocenters. The largest absolute Gasteiger partial charge is 0.386 e. The quantitative estimate of drug-likeness (QED) is 0.894. The van der Waals surface area contributed by atoms with E-state index < -0.39 is 0 Å². The summed E-state index contributed by atoms with van der Waals surface area (Å²) in [5.74, 6) is -0.0155. The molecule has 3 nitrogen and oxygen atoms in total. The van der Waals surface area contributed by atoms with Gasteiger partial charge in [0.1, 0.15) is 0 Å². The second-order valence-corrected chi connectivity index (χ2v) is 4.00. The Morgan fingerprint density at radius 1 is 1.00 bits per heavy atom. The highest BCUT2D eigenvalue weighted by Crippen LogP contribution is 2.25. The molecule has 0 heterocycles. The molecule has 0 fully saturated rings. The first-order chi connectivity index (χ1) is 8.74. The Kier molecular flexibility index (Phi) is 3.63. The lowest BCUT2D eigenvalue weighted by Gasteiger charge is -2.20. The van der Waals surface area contributed by atoms with Crippen molar-refractivity contribution in [2.75, 3.05) is 24.3 Å². The molecule has 0 bridgehead atoms. The average molecular weight is 240 g/mol.